The molecule has 0 saturated carbocycles. The van der Waals surface area contributed by atoms with Crippen LogP contribution in [-0.2, 0) is 14.3 Å². The first-order chi connectivity index (χ1) is 9.11. The number of methoxy groups -OCH3 is 1. The van der Waals surface area contributed by atoms with E-state index in [0.717, 1.165) is 25.7 Å². The number of esters is 1. The summed E-state index contributed by atoms with van der Waals surface area (Å²) >= 11 is 0. The molecular weight excluding hydrogens is 242 g/mol. The zero-order chi connectivity index (χ0) is 14.5. The van der Waals surface area contributed by atoms with Gasteiger partial charge < -0.3 is 10.1 Å². The first-order valence-electron chi connectivity index (χ1n) is 7.10. The predicted octanol–water partition coefficient (Wildman–Crippen LogP) is 2.97. The van der Waals surface area contributed by atoms with E-state index in [9.17, 15) is 9.59 Å². The molecule has 0 heterocycles. The Morgan fingerprint density at radius 1 is 1.16 bits per heavy atom. The third-order valence-electron chi connectivity index (χ3n) is 2.99. The molecule has 0 aromatic heterocycles. The van der Waals surface area contributed by atoms with Crippen molar-refractivity contribution in [3.63, 3.8) is 0 Å². The van der Waals surface area contributed by atoms with Gasteiger partial charge in [0.15, 0.2) is 0 Å². The number of carbonyl (C=O) groups excluding carboxylic acids is 2. The van der Waals surface area contributed by atoms with E-state index in [-0.39, 0.29) is 5.91 Å². The second-order valence-corrected chi connectivity index (χ2v) is 4.76. The summed E-state index contributed by atoms with van der Waals surface area (Å²) in [5.74, 6) is -0.486. The van der Waals surface area contributed by atoms with E-state index in [2.05, 4.69) is 16.6 Å². The Hall–Kier alpha value is -1.32. The minimum atomic E-state index is -0.559. The van der Waals surface area contributed by atoms with Gasteiger partial charge in [-0.05, 0) is 26.2 Å². The molecule has 0 unspecified atom stereocenters. The second-order valence-electron chi connectivity index (χ2n) is 4.76. The minimum Gasteiger partial charge on any atom is -0.467 e. The molecule has 0 aromatic rings. The van der Waals surface area contributed by atoms with Crippen LogP contribution >= 0.6 is 0 Å². The van der Waals surface area contributed by atoms with Crippen LogP contribution in [0.2, 0.25) is 0 Å². The molecular formula is C15H27NO3. The van der Waals surface area contributed by atoms with Gasteiger partial charge in [0.05, 0.1) is 7.11 Å². The van der Waals surface area contributed by atoms with E-state index in [1.54, 1.807) is 6.92 Å². The quantitative estimate of drug-likeness (QED) is 0.356. The molecule has 110 valence electrons. The summed E-state index contributed by atoms with van der Waals surface area (Å²) in [5, 5.41) is 2.62. The van der Waals surface area contributed by atoms with Gasteiger partial charge >= 0.3 is 5.97 Å². The van der Waals surface area contributed by atoms with Crippen molar-refractivity contribution >= 4 is 11.9 Å². The molecule has 19 heavy (non-hydrogen) atoms. The topological polar surface area (TPSA) is 55.4 Å². The Labute approximate surface area is 116 Å². The monoisotopic (exact) mass is 269 g/mol. The molecule has 1 N–H and O–H groups in total. The maximum atomic E-state index is 11.5. The van der Waals surface area contributed by atoms with Crippen molar-refractivity contribution in [3.05, 3.63) is 12.7 Å². The van der Waals surface area contributed by atoms with E-state index in [1.165, 1.54) is 26.4 Å². The van der Waals surface area contributed by atoms with Crippen molar-refractivity contribution in [2.45, 2.75) is 64.3 Å². The Bertz CT molecular complexity index is 277. The number of amides is 1. The van der Waals surface area contributed by atoms with Crippen LogP contribution in [0, 0.1) is 0 Å². The molecule has 4 nitrogen and oxygen atoms in total. The molecule has 4 heteroatoms. The van der Waals surface area contributed by atoms with E-state index in [4.69, 9.17) is 0 Å². The molecule has 0 fully saturated rings. The number of unbranched alkanes of at least 4 members (excludes halogenated alkanes) is 6. The number of allylic oxidation sites excluding steroid dienone is 1. The van der Waals surface area contributed by atoms with Gasteiger partial charge in [0.1, 0.15) is 6.04 Å². The van der Waals surface area contributed by atoms with Crippen LogP contribution in [0.15, 0.2) is 12.7 Å². The first-order valence-corrected chi connectivity index (χ1v) is 7.10. The lowest BCUT2D eigenvalue weighted by Gasteiger charge is -2.11. The number of ether oxygens (including phenoxy) is 1. The largest absolute Gasteiger partial charge is 0.467 e. The average molecular weight is 269 g/mol. The van der Waals surface area contributed by atoms with Crippen LogP contribution in [0.25, 0.3) is 0 Å². The molecule has 0 aliphatic carbocycles. The second kappa shape index (κ2) is 11.8. The number of carbonyl (C=O) groups is 2. The molecule has 0 spiro atoms. The number of hydrogen-bond acceptors (Lipinski definition) is 3. The molecule has 0 aliphatic rings. The lowest BCUT2D eigenvalue weighted by Crippen LogP contribution is -2.38. The minimum absolute atomic E-state index is 0.0791. The van der Waals surface area contributed by atoms with Crippen LogP contribution in [0.4, 0.5) is 0 Å². The highest BCUT2D eigenvalue weighted by Crippen LogP contribution is 2.08. The summed E-state index contributed by atoms with van der Waals surface area (Å²) in [6.45, 7) is 5.32. The maximum Gasteiger partial charge on any atom is 0.328 e. The lowest BCUT2D eigenvalue weighted by atomic mass is 10.1. The zero-order valence-electron chi connectivity index (χ0n) is 12.2. The SMILES string of the molecule is C=CCCCCCCCCC(=O)N[C@@H](C)C(=O)OC. The van der Waals surface area contributed by atoms with E-state index < -0.39 is 12.0 Å². The summed E-state index contributed by atoms with van der Waals surface area (Å²) in [6.07, 6.45) is 10.3. The molecule has 1 atom stereocenters. The summed E-state index contributed by atoms with van der Waals surface area (Å²) in [6, 6.07) is -0.559. The Morgan fingerprint density at radius 3 is 2.32 bits per heavy atom. The standard InChI is InChI=1S/C15H27NO3/c1-4-5-6-7-8-9-10-11-12-14(17)16-13(2)15(18)19-3/h4,13H,1,5-12H2,2-3H3,(H,16,17)/t13-/m0/s1. The fraction of sp³-hybridized carbons (Fsp3) is 0.733. The summed E-state index contributed by atoms with van der Waals surface area (Å²) in [5.41, 5.74) is 0. The van der Waals surface area contributed by atoms with Crippen molar-refractivity contribution < 1.29 is 14.3 Å². The van der Waals surface area contributed by atoms with Gasteiger partial charge in [-0.3, -0.25) is 4.79 Å². The molecule has 0 rings (SSSR count). The van der Waals surface area contributed by atoms with Crippen molar-refractivity contribution in [2.75, 3.05) is 7.11 Å². The third kappa shape index (κ3) is 10.3. The summed E-state index contributed by atoms with van der Waals surface area (Å²) in [7, 11) is 1.32. The smallest absolute Gasteiger partial charge is 0.328 e. The van der Waals surface area contributed by atoms with Gasteiger partial charge in [-0.2, -0.15) is 0 Å². The van der Waals surface area contributed by atoms with Crippen LogP contribution in [-0.4, -0.2) is 25.0 Å². The van der Waals surface area contributed by atoms with Gasteiger partial charge in [0, 0.05) is 6.42 Å². The normalized spacial score (nSPS) is 11.7. The highest BCUT2D eigenvalue weighted by Gasteiger charge is 2.14. The molecule has 0 aromatic carbocycles. The number of nitrogens with one attached hydrogen (secondary N) is 1. The molecule has 0 aliphatic heterocycles. The number of rotatable bonds is 11. The fourth-order valence-corrected chi connectivity index (χ4v) is 1.83. The van der Waals surface area contributed by atoms with Crippen molar-refractivity contribution in [3.8, 4) is 0 Å². The maximum absolute atomic E-state index is 11.5. The van der Waals surface area contributed by atoms with Gasteiger partial charge in [0.25, 0.3) is 0 Å². The highest BCUT2D eigenvalue weighted by atomic mass is 16.5. The van der Waals surface area contributed by atoms with Crippen molar-refractivity contribution in [2.24, 2.45) is 0 Å². The fourth-order valence-electron chi connectivity index (χ4n) is 1.83. The van der Waals surface area contributed by atoms with E-state index >= 15 is 0 Å². The Balaban J connectivity index is 3.43. The Kier molecular flexibility index (Phi) is 10.9. The molecule has 1 amide bonds. The van der Waals surface area contributed by atoms with Gasteiger partial charge in [-0.15, -0.1) is 6.58 Å². The van der Waals surface area contributed by atoms with Gasteiger partial charge in [-0.1, -0.05) is 31.8 Å². The van der Waals surface area contributed by atoms with Gasteiger partial charge in [0.2, 0.25) is 5.91 Å². The van der Waals surface area contributed by atoms with Gasteiger partial charge in [-0.25, -0.2) is 4.79 Å². The molecule has 0 bridgehead atoms. The predicted molar refractivity (Wildman–Crippen MR) is 76.8 cm³/mol. The average Bonchev–Trinajstić information content (AvgIpc) is 2.40. The lowest BCUT2D eigenvalue weighted by molar-refractivity contribution is -0.144. The zero-order valence-corrected chi connectivity index (χ0v) is 12.2. The summed E-state index contributed by atoms with van der Waals surface area (Å²) < 4.78 is 4.54. The van der Waals surface area contributed by atoms with Crippen LogP contribution < -0.4 is 5.32 Å². The van der Waals surface area contributed by atoms with Crippen molar-refractivity contribution in [1.82, 2.24) is 5.32 Å². The van der Waals surface area contributed by atoms with Crippen LogP contribution in [0.3, 0.4) is 0 Å². The molecule has 0 radical (unpaired) electrons. The van der Waals surface area contributed by atoms with E-state index in [0.29, 0.717) is 6.42 Å². The number of hydrogen-bond donors (Lipinski definition) is 1. The highest BCUT2D eigenvalue weighted by molar-refractivity contribution is 5.83. The third-order valence-corrected chi connectivity index (χ3v) is 2.99. The molecule has 0 saturated heterocycles. The van der Waals surface area contributed by atoms with Crippen LogP contribution in [0.5, 0.6) is 0 Å². The van der Waals surface area contributed by atoms with Crippen molar-refractivity contribution in [1.29, 1.82) is 0 Å². The van der Waals surface area contributed by atoms with Crippen LogP contribution in [0.1, 0.15) is 58.3 Å². The Morgan fingerprint density at radius 2 is 1.74 bits per heavy atom. The first kappa shape index (κ1) is 17.7. The summed E-state index contributed by atoms with van der Waals surface area (Å²) in [4.78, 5) is 22.6. The van der Waals surface area contributed by atoms with E-state index in [1.807, 2.05) is 6.08 Å².